The first-order valence-electron chi connectivity index (χ1n) is 10.5. The van der Waals surface area contributed by atoms with Crippen LogP contribution in [0.2, 0.25) is 0 Å². The molecule has 8 nitrogen and oxygen atoms in total. The fraction of sp³-hybridized carbons (Fsp3) is 0.591. The van der Waals surface area contributed by atoms with E-state index in [2.05, 4.69) is 59.7 Å². The van der Waals surface area contributed by atoms with Gasteiger partial charge in [-0.2, -0.15) is 0 Å². The second-order valence-electron chi connectivity index (χ2n) is 7.77. The van der Waals surface area contributed by atoms with Gasteiger partial charge in [-0.15, -0.1) is 10.2 Å². The molecule has 0 saturated heterocycles. The van der Waals surface area contributed by atoms with Crippen LogP contribution in [0, 0.1) is 12.8 Å². The average molecular weight is 417 g/mol. The first kappa shape index (κ1) is 23.5. The molecular weight excluding hydrogens is 380 g/mol. The van der Waals surface area contributed by atoms with Gasteiger partial charge in [0.2, 0.25) is 0 Å². The van der Waals surface area contributed by atoms with Crippen molar-refractivity contribution in [1.29, 1.82) is 0 Å². The maximum atomic E-state index is 5.48. The maximum Gasteiger partial charge on any atom is 0.194 e. The Morgan fingerprint density at radius 2 is 1.93 bits per heavy atom. The zero-order chi connectivity index (χ0) is 22.1. The topological polar surface area (TPSA) is 76.8 Å². The van der Waals surface area contributed by atoms with Crippen molar-refractivity contribution in [3.8, 4) is 11.5 Å². The number of guanidine groups is 1. The molecule has 0 bridgehead atoms. The highest BCUT2D eigenvalue weighted by atomic mass is 16.5. The smallest absolute Gasteiger partial charge is 0.194 e. The Hall–Kier alpha value is -2.77. The molecule has 0 atom stereocenters. The number of ether oxygens (including phenoxy) is 2. The number of methoxy groups -OCH3 is 2. The number of hydrogen-bond acceptors (Lipinski definition) is 5. The van der Waals surface area contributed by atoms with Gasteiger partial charge in [0, 0.05) is 39.6 Å². The van der Waals surface area contributed by atoms with Crippen molar-refractivity contribution >= 4 is 5.96 Å². The van der Waals surface area contributed by atoms with Gasteiger partial charge in [0.05, 0.1) is 14.2 Å². The summed E-state index contributed by atoms with van der Waals surface area (Å²) < 4.78 is 13.0. The quantitative estimate of drug-likeness (QED) is 0.474. The first-order chi connectivity index (χ1) is 14.4. The molecule has 0 aliphatic heterocycles. The summed E-state index contributed by atoms with van der Waals surface area (Å²) in [6, 6.07) is 4.05. The third-order valence-corrected chi connectivity index (χ3v) is 4.87. The Labute approximate surface area is 180 Å². The van der Waals surface area contributed by atoms with Gasteiger partial charge in [-0.3, -0.25) is 4.99 Å². The van der Waals surface area contributed by atoms with Crippen LogP contribution >= 0.6 is 0 Å². The van der Waals surface area contributed by atoms with Gasteiger partial charge in [0.1, 0.15) is 12.2 Å². The molecule has 0 aliphatic carbocycles. The summed E-state index contributed by atoms with van der Waals surface area (Å²) in [6.07, 6.45) is 2.65. The molecule has 1 aromatic heterocycles. The lowest BCUT2D eigenvalue weighted by Crippen LogP contribution is -2.40. The van der Waals surface area contributed by atoms with Crippen LogP contribution in [0.5, 0.6) is 11.5 Å². The average Bonchev–Trinajstić information content (AvgIpc) is 3.18. The Morgan fingerprint density at radius 1 is 1.23 bits per heavy atom. The minimum Gasteiger partial charge on any atom is -0.493 e. The summed E-state index contributed by atoms with van der Waals surface area (Å²) in [5, 5.41) is 11.6. The van der Waals surface area contributed by atoms with Gasteiger partial charge in [0.15, 0.2) is 17.5 Å². The Bertz CT molecular complexity index is 831. The van der Waals surface area contributed by atoms with Gasteiger partial charge in [-0.05, 0) is 36.1 Å². The zero-order valence-corrected chi connectivity index (χ0v) is 19.4. The molecule has 0 unspecified atom stereocenters. The first-order valence-corrected chi connectivity index (χ1v) is 10.5. The molecule has 0 amide bonds. The predicted octanol–water partition coefficient (Wildman–Crippen LogP) is 2.90. The van der Waals surface area contributed by atoms with Crippen LogP contribution in [0.25, 0.3) is 0 Å². The molecule has 1 heterocycles. The van der Waals surface area contributed by atoms with Crippen LogP contribution in [-0.4, -0.2) is 60.0 Å². The van der Waals surface area contributed by atoms with Crippen molar-refractivity contribution in [2.45, 2.75) is 47.2 Å². The number of aryl methyl sites for hydroxylation is 2. The molecule has 0 aliphatic rings. The number of nitrogens with zero attached hydrogens (tertiary/aromatic N) is 5. The highest BCUT2D eigenvalue weighted by molar-refractivity contribution is 5.79. The Morgan fingerprint density at radius 3 is 2.57 bits per heavy atom. The molecule has 1 N–H and O–H groups in total. The van der Waals surface area contributed by atoms with Crippen molar-refractivity contribution in [2.24, 2.45) is 10.9 Å². The summed E-state index contributed by atoms with van der Waals surface area (Å²) in [5.41, 5.74) is 2.32. The number of hydrogen-bond donors (Lipinski definition) is 1. The van der Waals surface area contributed by atoms with Crippen molar-refractivity contribution in [1.82, 2.24) is 25.0 Å². The monoisotopic (exact) mass is 416 g/mol. The second-order valence-corrected chi connectivity index (χ2v) is 7.77. The van der Waals surface area contributed by atoms with Crippen molar-refractivity contribution < 1.29 is 9.47 Å². The summed E-state index contributed by atoms with van der Waals surface area (Å²) in [7, 11) is 5.37. The highest BCUT2D eigenvalue weighted by Crippen LogP contribution is 2.30. The molecule has 1 aromatic carbocycles. The van der Waals surface area contributed by atoms with Crippen LogP contribution < -0.4 is 14.8 Å². The minimum absolute atomic E-state index is 0.488. The summed E-state index contributed by atoms with van der Waals surface area (Å²) in [5.74, 6) is 3.84. The van der Waals surface area contributed by atoms with Crippen molar-refractivity contribution in [3.63, 3.8) is 0 Å². The lowest BCUT2D eigenvalue weighted by molar-refractivity contribution is 0.353. The lowest BCUT2D eigenvalue weighted by atomic mass is 10.1. The summed E-state index contributed by atoms with van der Waals surface area (Å²) >= 11 is 0. The second kappa shape index (κ2) is 11.4. The molecule has 166 valence electrons. The van der Waals surface area contributed by atoms with Crippen LogP contribution in [0.15, 0.2) is 23.5 Å². The van der Waals surface area contributed by atoms with Crippen LogP contribution in [0.1, 0.15) is 37.7 Å². The maximum absolute atomic E-state index is 5.48. The normalized spacial score (nSPS) is 11.7. The van der Waals surface area contributed by atoms with Crippen molar-refractivity contribution in [2.75, 3.05) is 34.4 Å². The van der Waals surface area contributed by atoms with E-state index in [1.807, 2.05) is 12.1 Å². The molecule has 2 rings (SSSR count). The molecule has 2 aromatic rings. The van der Waals surface area contributed by atoms with E-state index >= 15 is 0 Å². The van der Waals surface area contributed by atoms with Gasteiger partial charge in [0.25, 0.3) is 0 Å². The van der Waals surface area contributed by atoms with Gasteiger partial charge >= 0.3 is 0 Å². The molecular formula is C22H36N6O2. The minimum atomic E-state index is 0.488. The van der Waals surface area contributed by atoms with E-state index in [1.165, 1.54) is 5.56 Å². The highest BCUT2D eigenvalue weighted by Gasteiger charge is 2.13. The van der Waals surface area contributed by atoms with Crippen LogP contribution in [-0.2, 0) is 19.5 Å². The van der Waals surface area contributed by atoms with Gasteiger partial charge < -0.3 is 24.3 Å². The molecule has 30 heavy (non-hydrogen) atoms. The Kier molecular flexibility index (Phi) is 8.95. The number of aliphatic imine (C=N–C) groups is 1. The van der Waals surface area contributed by atoms with E-state index in [9.17, 15) is 0 Å². The number of nitrogens with one attached hydrogen (secondary N) is 1. The van der Waals surface area contributed by atoms with E-state index in [0.717, 1.165) is 54.9 Å². The number of rotatable bonds is 10. The SMILES string of the molecule is CCc1nncn1CCNC(=NCC(C)C)N(C)Cc1cc(OC)c(OC)cc1C. The van der Waals surface area contributed by atoms with Crippen LogP contribution in [0.4, 0.5) is 0 Å². The van der Waals surface area contributed by atoms with Gasteiger partial charge in [-0.1, -0.05) is 20.8 Å². The summed E-state index contributed by atoms with van der Waals surface area (Å²) in [6.45, 7) is 11.5. The molecule has 0 saturated carbocycles. The lowest BCUT2D eigenvalue weighted by Gasteiger charge is -2.24. The molecule has 0 fully saturated rings. The molecule has 0 spiro atoms. The molecule has 0 radical (unpaired) electrons. The van der Waals surface area contributed by atoms with E-state index in [1.54, 1.807) is 20.5 Å². The third kappa shape index (κ3) is 6.37. The van der Waals surface area contributed by atoms with Gasteiger partial charge in [-0.25, -0.2) is 0 Å². The zero-order valence-electron chi connectivity index (χ0n) is 19.4. The van der Waals surface area contributed by atoms with E-state index in [-0.39, 0.29) is 0 Å². The number of benzene rings is 1. The summed E-state index contributed by atoms with van der Waals surface area (Å²) in [4.78, 5) is 6.96. The molecule has 8 heteroatoms. The largest absolute Gasteiger partial charge is 0.493 e. The van der Waals surface area contributed by atoms with E-state index < -0.39 is 0 Å². The van der Waals surface area contributed by atoms with E-state index in [4.69, 9.17) is 14.5 Å². The third-order valence-electron chi connectivity index (χ3n) is 4.87. The van der Waals surface area contributed by atoms with Crippen molar-refractivity contribution in [3.05, 3.63) is 35.4 Å². The predicted molar refractivity (Wildman–Crippen MR) is 120 cm³/mol. The fourth-order valence-corrected chi connectivity index (χ4v) is 3.13. The van der Waals surface area contributed by atoms with E-state index in [0.29, 0.717) is 12.5 Å². The fourth-order valence-electron chi connectivity index (χ4n) is 3.13. The van der Waals surface area contributed by atoms with Crippen LogP contribution in [0.3, 0.4) is 0 Å². The Balaban J connectivity index is 2.11. The number of aromatic nitrogens is 3. The standard InChI is InChI=1S/C22H36N6O2/c1-8-21-26-25-15-28(21)10-9-23-22(24-13-16(2)3)27(5)14-18-12-20(30-7)19(29-6)11-17(18)4/h11-12,15-16H,8-10,13-14H2,1-7H3,(H,23,24).